The summed E-state index contributed by atoms with van der Waals surface area (Å²) in [5, 5.41) is 0. The fourth-order valence-corrected chi connectivity index (χ4v) is 61.7. The predicted octanol–water partition coefficient (Wildman–Crippen LogP) is -0.414. The van der Waals surface area contributed by atoms with Gasteiger partial charge in [0, 0.05) is 0 Å². The molecule has 2 aliphatic heterocycles. The summed E-state index contributed by atoms with van der Waals surface area (Å²) in [6.07, 6.45) is 0. The molecule has 37 heavy (non-hydrogen) atoms. The number of hydrogen-bond acceptors (Lipinski definition) is 13. The second-order valence-electron chi connectivity index (χ2n) is 9.06. The minimum Gasteiger partial charge on any atom is -0.420 e. The van der Waals surface area contributed by atoms with Gasteiger partial charge >= 0.3 is 52.6 Å². The predicted molar refractivity (Wildman–Crippen MR) is 174 cm³/mol. The Morgan fingerprint density at radius 3 is 0.676 bits per heavy atom. The minimum absolute atomic E-state index is 1.59. The lowest BCUT2D eigenvalue weighted by Crippen LogP contribution is -2.56. The molecule has 0 radical (unpaired) electrons. The second-order valence-corrected chi connectivity index (χ2v) is 43.4. The van der Waals surface area contributed by atoms with Crippen molar-refractivity contribution in [2.24, 2.45) is 0 Å². The van der Waals surface area contributed by atoms with Crippen molar-refractivity contribution in [3.05, 3.63) is 0 Å². The van der Waals surface area contributed by atoms with Crippen molar-refractivity contribution in [3.63, 3.8) is 0 Å². The lowest BCUT2D eigenvalue weighted by Gasteiger charge is -2.40. The summed E-state index contributed by atoms with van der Waals surface area (Å²) < 4.78 is 76.3. The zero-order valence-electron chi connectivity index (χ0n) is 24.1. The zero-order chi connectivity index (χ0) is 28.0. The van der Waals surface area contributed by atoms with Crippen LogP contribution in [0.5, 0.6) is 0 Å². The van der Waals surface area contributed by atoms with Crippen molar-refractivity contribution in [2.45, 2.75) is 78.6 Å². The first-order chi connectivity index (χ1) is 17.1. The van der Waals surface area contributed by atoms with Crippen molar-refractivity contribution in [1.82, 2.24) is 0 Å². The van der Waals surface area contributed by atoms with E-state index in [0.29, 0.717) is 0 Å². The standard InChI is InChI=1S/C12H46O12SSi12/c1-26-13-28(3)17-32(7)21-36(11,22-33(8)18-29(4)14-26)25-37(12)23-34(9)19-30(5)15-27(2)16-31(6)20-35(10)24-37/h26-35H,1-12H3. The van der Waals surface area contributed by atoms with Gasteiger partial charge in [-0.25, -0.2) is 0 Å². The van der Waals surface area contributed by atoms with Gasteiger partial charge in [0.1, 0.15) is 0 Å². The molecule has 0 spiro atoms. The molecule has 220 valence electrons. The van der Waals surface area contributed by atoms with Gasteiger partial charge < -0.3 is 49.4 Å². The number of rotatable bonds is 2. The van der Waals surface area contributed by atoms with E-state index in [9.17, 15) is 0 Å². The third-order valence-electron chi connectivity index (χ3n) is 4.96. The molecule has 2 rings (SSSR count). The van der Waals surface area contributed by atoms with E-state index in [2.05, 4.69) is 13.1 Å². The second kappa shape index (κ2) is 16.4. The Bertz CT molecular complexity index is 598. The maximum Gasteiger partial charge on any atom is 0.383 e. The van der Waals surface area contributed by atoms with Crippen LogP contribution in [-0.2, 0) is 49.4 Å². The smallest absolute Gasteiger partial charge is 0.383 e. The van der Waals surface area contributed by atoms with Crippen LogP contribution in [0.1, 0.15) is 0 Å². The van der Waals surface area contributed by atoms with E-state index in [1.54, 1.807) is 10.7 Å². The minimum atomic E-state index is -2.92. The largest absolute Gasteiger partial charge is 0.420 e. The van der Waals surface area contributed by atoms with Crippen LogP contribution in [-0.4, -0.2) is 108 Å². The van der Waals surface area contributed by atoms with E-state index in [4.69, 9.17) is 49.4 Å². The van der Waals surface area contributed by atoms with Crippen molar-refractivity contribution < 1.29 is 49.4 Å². The maximum absolute atomic E-state index is 6.68. The molecule has 2 fully saturated rings. The van der Waals surface area contributed by atoms with E-state index in [0.717, 1.165) is 0 Å². The van der Waals surface area contributed by atoms with Crippen molar-refractivity contribution in [2.75, 3.05) is 0 Å². The molecule has 0 N–H and O–H groups in total. The van der Waals surface area contributed by atoms with Gasteiger partial charge in [0.25, 0.3) is 55.7 Å². The van der Waals surface area contributed by atoms with E-state index in [1.165, 1.54) is 0 Å². The molecule has 2 heterocycles. The summed E-state index contributed by atoms with van der Waals surface area (Å²) in [4.78, 5) is 0. The van der Waals surface area contributed by atoms with Gasteiger partial charge in [-0.3, -0.25) is 0 Å². The van der Waals surface area contributed by atoms with E-state index >= 15 is 0 Å². The molecular formula is C12H46O12SSi12. The third-order valence-corrected chi connectivity index (χ3v) is 54.8. The Labute approximate surface area is 245 Å². The quantitative estimate of drug-likeness (QED) is 0.342. The Hall–Kier alpha value is 2.47. The van der Waals surface area contributed by atoms with Crippen LogP contribution in [0.2, 0.25) is 78.6 Å². The molecule has 12 nitrogen and oxygen atoms in total. The van der Waals surface area contributed by atoms with Crippen LogP contribution in [0.25, 0.3) is 0 Å². The van der Waals surface area contributed by atoms with Gasteiger partial charge in [0.05, 0.1) is 0 Å². The summed E-state index contributed by atoms with van der Waals surface area (Å²) in [7, 11) is -23.7. The lowest BCUT2D eigenvalue weighted by atomic mass is 11.9. The number of hydrogen-bond donors (Lipinski definition) is 0. The molecule has 8 unspecified atom stereocenters. The fraction of sp³-hybridized carbons (Fsp3) is 1.00. The Kier molecular flexibility index (Phi) is 15.8. The molecule has 2 aliphatic rings. The van der Waals surface area contributed by atoms with Crippen molar-refractivity contribution in [1.29, 1.82) is 0 Å². The summed E-state index contributed by atoms with van der Waals surface area (Å²) in [6, 6.07) is 0. The van der Waals surface area contributed by atoms with Crippen molar-refractivity contribution in [3.8, 4) is 0 Å². The molecule has 0 amide bonds. The maximum atomic E-state index is 6.68. The highest BCUT2D eigenvalue weighted by molar-refractivity contribution is 8.48. The van der Waals surface area contributed by atoms with E-state index in [1.807, 2.05) is 65.5 Å². The van der Waals surface area contributed by atoms with Crippen LogP contribution in [0, 0.1) is 0 Å². The lowest BCUT2D eigenvalue weighted by molar-refractivity contribution is 0.292. The molecule has 0 saturated carbocycles. The average molecular weight is 752 g/mol. The highest BCUT2D eigenvalue weighted by atomic mass is 32.5. The van der Waals surface area contributed by atoms with Crippen LogP contribution in [0.4, 0.5) is 0 Å². The molecule has 0 aromatic carbocycles. The molecule has 0 aliphatic carbocycles. The third kappa shape index (κ3) is 14.0. The van der Waals surface area contributed by atoms with Crippen molar-refractivity contribution >= 4 is 119 Å². The molecule has 25 heteroatoms. The fourth-order valence-electron chi connectivity index (χ4n) is 4.16. The Morgan fingerprint density at radius 2 is 0.486 bits per heavy atom. The Morgan fingerprint density at radius 1 is 0.324 bits per heavy atom. The summed E-state index contributed by atoms with van der Waals surface area (Å²) in [6.45, 7) is 24.4. The van der Waals surface area contributed by atoms with E-state index < -0.39 is 108 Å². The molecule has 0 aromatic rings. The van der Waals surface area contributed by atoms with Crippen LogP contribution in [0.3, 0.4) is 0 Å². The first-order valence-electron chi connectivity index (χ1n) is 12.7. The molecule has 0 bridgehead atoms. The van der Waals surface area contributed by atoms with Gasteiger partial charge in [0.15, 0.2) is 0 Å². The van der Waals surface area contributed by atoms with Crippen LogP contribution >= 0.6 is 10.7 Å². The highest BCUT2D eigenvalue weighted by Crippen LogP contribution is 2.37. The summed E-state index contributed by atoms with van der Waals surface area (Å²) in [5.74, 6) is 0. The zero-order valence-corrected chi connectivity index (χ0v) is 38.4. The summed E-state index contributed by atoms with van der Waals surface area (Å²) >= 11 is 0. The van der Waals surface area contributed by atoms with Crippen LogP contribution < -0.4 is 0 Å². The van der Waals surface area contributed by atoms with Gasteiger partial charge in [0.2, 0.25) is 0 Å². The average Bonchev–Trinajstić information content (AvgIpc) is 2.62. The first-order valence-corrected chi connectivity index (χ1v) is 40.6. The first kappa shape index (κ1) is 35.7. The topological polar surface area (TPSA) is 111 Å². The SMILES string of the molecule is C[SiH]1O[SiH](C)O[SiH](C)O[Si](C)(S[Si]2(C)O[SiH](C)O[SiH](C)O[SiH](C)O[SiH](C)O[SiH](C)O2)O[SiH](C)O[SiH](C)O1. The molecule has 0 aromatic heterocycles. The monoisotopic (exact) mass is 750 g/mol. The highest BCUT2D eigenvalue weighted by Gasteiger charge is 2.51. The summed E-state index contributed by atoms with van der Waals surface area (Å²) in [5.41, 5.74) is 0. The van der Waals surface area contributed by atoms with Gasteiger partial charge in [-0.1, -0.05) is 10.7 Å². The normalized spacial score (nSPS) is 48.6. The van der Waals surface area contributed by atoms with Gasteiger partial charge in [-0.05, 0) is 78.6 Å². The Balaban J connectivity index is 2.29. The van der Waals surface area contributed by atoms with E-state index in [-0.39, 0.29) is 0 Å². The molecule has 8 atom stereocenters. The van der Waals surface area contributed by atoms with Crippen LogP contribution in [0.15, 0.2) is 0 Å². The van der Waals surface area contributed by atoms with Gasteiger partial charge in [-0.15, -0.1) is 0 Å². The molecular weight excluding hydrogens is 705 g/mol. The molecule has 2 saturated heterocycles. The van der Waals surface area contributed by atoms with Gasteiger partial charge in [-0.2, -0.15) is 0 Å².